The number of amides is 2. The first-order valence-electron chi connectivity index (χ1n) is 8.87. The van der Waals surface area contributed by atoms with Crippen molar-refractivity contribution in [2.24, 2.45) is 5.92 Å². The number of nitrogens with zero attached hydrogens (tertiary/aromatic N) is 3. The topological polar surface area (TPSA) is 67.2 Å². The highest BCUT2D eigenvalue weighted by Gasteiger charge is 2.33. The molecule has 1 aromatic heterocycles. The molecule has 0 radical (unpaired) electrons. The zero-order valence-electron chi connectivity index (χ0n) is 14.6. The van der Waals surface area contributed by atoms with Gasteiger partial charge >= 0.3 is 0 Å². The maximum absolute atomic E-state index is 12.9. The molecule has 138 valence electrons. The number of rotatable bonds is 8. The van der Waals surface area contributed by atoms with E-state index >= 15 is 0 Å². The molecule has 1 aliphatic heterocycles. The number of aryl methyl sites for hydroxylation is 1. The fraction of sp³-hybridized carbons (Fsp3) is 0.421. The van der Waals surface area contributed by atoms with E-state index in [2.05, 4.69) is 10.3 Å². The number of hydrogen-bond acceptors (Lipinski definition) is 3. The Morgan fingerprint density at radius 2 is 2.08 bits per heavy atom. The van der Waals surface area contributed by atoms with E-state index in [-0.39, 0.29) is 30.0 Å². The third kappa shape index (κ3) is 4.91. The summed E-state index contributed by atoms with van der Waals surface area (Å²) in [5.41, 5.74) is 0.978. The SMILES string of the molecule is O=C(NCCCn1ccnc1)C1CC(=O)N(CCc2ccc(F)cc2)C1. The van der Waals surface area contributed by atoms with Crippen molar-refractivity contribution in [2.45, 2.75) is 25.8 Å². The minimum atomic E-state index is -0.288. The van der Waals surface area contributed by atoms with E-state index in [1.54, 1.807) is 29.6 Å². The van der Waals surface area contributed by atoms with Crippen LogP contribution < -0.4 is 5.32 Å². The van der Waals surface area contributed by atoms with Gasteiger partial charge in [0.05, 0.1) is 12.2 Å². The second-order valence-corrected chi connectivity index (χ2v) is 6.56. The van der Waals surface area contributed by atoms with Gasteiger partial charge in [-0.15, -0.1) is 0 Å². The number of benzene rings is 1. The predicted molar refractivity (Wildman–Crippen MR) is 94.6 cm³/mol. The van der Waals surface area contributed by atoms with Crippen LogP contribution in [0.2, 0.25) is 0 Å². The molecule has 1 saturated heterocycles. The predicted octanol–water partition coefficient (Wildman–Crippen LogP) is 1.62. The fourth-order valence-electron chi connectivity index (χ4n) is 3.12. The van der Waals surface area contributed by atoms with Gasteiger partial charge in [0, 0.05) is 45.0 Å². The van der Waals surface area contributed by atoms with Crippen LogP contribution in [0.25, 0.3) is 0 Å². The third-order valence-electron chi connectivity index (χ3n) is 4.62. The quantitative estimate of drug-likeness (QED) is 0.729. The summed E-state index contributed by atoms with van der Waals surface area (Å²) in [6.07, 6.45) is 7.09. The van der Waals surface area contributed by atoms with E-state index in [9.17, 15) is 14.0 Å². The summed E-state index contributed by atoms with van der Waals surface area (Å²) >= 11 is 0. The second-order valence-electron chi connectivity index (χ2n) is 6.56. The minimum Gasteiger partial charge on any atom is -0.356 e. The van der Waals surface area contributed by atoms with Crippen LogP contribution in [0.1, 0.15) is 18.4 Å². The van der Waals surface area contributed by atoms with Crippen LogP contribution >= 0.6 is 0 Å². The molecule has 1 aliphatic rings. The van der Waals surface area contributed by atoms with Crippen molar-refractivity contribution in [3.05, 3.63) is 54.4 Å². The number of aromatic nitrogens is 2. The van der Waals surface area contributed by atoms with Gasteiger partial charge in [0.25, 0.3) is 0 Å². The van der Waals surface area contributed by atoms with Gasteiger partial charge < -0.3 is 14.8 Å². The molecule has 0 aliphatic carbocycles. The number of hydrogen-bond donors (Lipinski definition) is 1. The molecular weight excluding hydrogens is 335 g/mol. The van der Waals surface area contributed by atoms with Crippen molar-refractivity contribution in [2.75, 3.05) is 19.6 Å². The van der Waals surface area contributed by atoms with Crippen LogP contribution in [-0.2, 0) is 22.6 Å². The van der Waals surface area contributed by atoms with Crippen molar-refractivity contribution < 1.29 is 14.0 Å². The van der Waals surface area contributed by atoms with E-state index in [0.717, 1.165) is 18.5 Å². The summed E-state index contributed by atoms with van der Waals surface area (Å²) in [7, 11) is 0. The molecule has 1 atom stereocenters. The Labute approximate surface area is 152 Å². The summed E-state index contributed by atoms with van der Waals surface area (Å²) in [6, 6.07) is 6.28. The molecule has 26 heavy (non-hydrogen) atoms. The maximum atomic E-state index is 12.9. The van der Waals surface area contributed by atoms with Crippen molar-refractivity contribution in [3.8, 4) is 0 Å². The summed E-state index contributed by atoms with van der Waals surface area (Å²) in [4.78, 5) is 30.1. The molecule has 1 unspecified atom stereocenters. The van der Waals surface area contributed by atoms with Gasteiger partial charge in [0.1, 0.15) is 5.82 Å². The van der Waals surface area contributed by atoms with Crippen LogP contribution in [0.3, 0.4) is 0 Å². The molecule has 1 aromatic carbocycles. The second kappa shape index (κ2) is 8.60. The monoisotopic (exact) mass is 358 g/mol. The number of halogens is 1. The summed E-state index contributed by atoms with van der Waals surface area (Å²) in [5, 5.41) is 2.91. The minimum absolute atomic E-state index is 0.00526. The van der Waals surface area contributed by atoms with Crippen molar-refractivity contribution in [3.63, 3.8) is 0 Å². The Balaban J connectivity index is 1.38. The molecule has 0 bridgehead atoms. The van der Waals surface area contributed by atoms with Gasteiger partial charge in [0.2, 0.25) is 11.8 Å². The van der Waals surface area contributed by atoms with Gasteiger partial charge in [0.15, 0.2) is 0 Å². The lowest BCUT2D eigenvalue weighted by Gasteiger charge is -2.16. The van der Waals surface area contributed by atoms with Crippen molar-refractivity contribution in [1.29, 1.82) is 0 Å². The zero-order valence-corrected chi connectivity index (χ0v) is 14.6. The molecule has 2 aromatic rings. The lowest BCUT2D eigenvalue weighted by Crippen LogP contribution is -2.34. The number of imidazole rings is 1. The summed E-state index contributed by atoms with van der Waals surface area (Å²) in [6.45, 7) is 2.38. The highest BCUT2D eigenvalue weighted by Crippen LogP contribution is 2.18. The summed E-state index contributed by atoms with van der Waals surface area (Å²) < 4.78 is 14.9. The van der Waals surface area contributed by atoms with E-state index in [1.807, 2.05) is 10.8 Å². The standard InChI is InChI=1S/C19H23FN4O2/c20-17-4-2-15(3-5-17)6-10-24-13-16(12-18(24)25)19(26)22-7-1-9-23-11-8-21-14-23/h2-5,8,11,14,16H,1,6-7,9-10,12-13H2,(H,22,26). The number of carbonyl (C=O) groups excluding carboxylic acids is 2. The number of carbonyl (C=O) groups is 2. The molecule has 0 saturated carbocycles. The van der Waals surface area contributed by atoms with Gasteiger partial charge in [-0.25, -0.2) is 9.37 Å². The van der Waals surface area contributed by atoms with Gasteiger partial charge in [-0.05, 0) is 30.5 Å². The largest absolute Gasteiger partial charge is 0.356 e. The molecule has 1 N–H and O–H groups in total. The van der Waals surface area contributed by atoms with Gasteiger partial charge in [-0.3, -0.25) is 9.59 Å². The Bertz CT molecular complexity index is 731. The molecule has 3 rings (SSSR count). The summed E-state index contributed by atoms with van der Waals surface area (Å²) in [5.74, 6) is -0.612. The van der Waals surface area contributed by atoms with Gasteiger partial charge in [-0.1, -0.05) is 12.1 Å². The normalized spacial score (nSPS) is 16.9. The smallest absolute Gasteiger partial charge is 0.225 e. The van der Waals surface area contributed by atoms with Crippen LogP contribution in [0.4, 0.5) is 4.39 Å². The van der Waals surface area contributed by atoms with Crippen LogP contribution in [0.15, 0.2) is 43.0 Å². The molecule has 6 nitrogen and oxygen atoms in total. The average molecular weight is 358 g/mol. The van der Waals surface area contributed by atoms with E-state index in [1.165, 1.54) is 12.1 Å². The van der Waals surface area contributed by atoms with Gasteiger partial charge in [-0.2, -0.15) is 0 Å². The molecule has 2 amide bonds. The average Bonchev–Trinajstić information content (AvgIpc) is 3.28. The number of likely N-dealkylation sites (tertiary alicyclic amines) is 1. The first kappa shape index (κ1) is 18.1. The maximum Gasteiger partial charge on any atom is 0.225 e. The Hall–Kier alpha value is -2.70. The van der Waals surface area contributed by atoms with Crippen LogP contribution in [-0.4, -0.2) is 45.9 Å². The Morgan fingerprint density at radius 3 is 2.81 bits per heavy atom. The fourth-order valence-corrected chi connectivity index (χ4v) is 3.12. The van der Waals surface area contributed by atoms with Crippen LogP contribution in [0.5, 0.6) is 0 Å². The highest BCUT2D eigenvalue weighted by atomic mass is 19.1. The van der Waals surface area contributed by atoms with Crippen LogP contribution in [0, 0.1) is 11.7 Å². The molecular formula is C19H23FN4O2. The van der Waals surface area contributed by atoms with Crippen molar-refractivity contribution >= 4 is 11.8 Å². The van der Waals surface area contributed by atoms with Crippen molar-refractivity contribution in [1.82, 2.24) is 19.8 Å². The van der Waals surface area contributed by atoms with E-state index in [4.69, 9.17) is 0 Å². The lowest BCUT2D eigenvalue weighted by molar-refractivity contribution is -0.129. The Morgan fingerprint density at radius 1 is 1.27 bits per heavy atom. The Kier molecular flexibility index (Phi) is 5.99. The van der Waals surface area contributed by atoms with E-state index < -0.39 is 0 Å². The van der Waals surface area contributed by atoms with E-state index in [0.29, 0.717) is 26.1 Å². The molecule has 0 spiro atoms. The molecule has 7 heteroatoms. The number of nitrogens with one attached hydrogen (secondary N) is 1. The first-order valence-corrected chi connectivity index (χ1v) is 8.87. The lowest BCUT2D eigenvalue weighted by atomic mass is 10.1. The molecule has 1 fully saturated rings. The first-order chi connectivity index (χ1) is 12.6. The zero-order chi connectivity index (χ0) is 18.4. The third-order valence-corrected chi connectivity index (χ3v) is 4.62. The highest BCUT2D eigenvalue weighted by molar-refractivity contribution is 5.89. The molecule has 2 heterocycles.